The van der Waals surface area contributed by atoms with Crippen molar-refractivity contribution in [2.24, 2.45) is 5.92 Å². The van der Waals surface area contributed by atoms with Crippen LogP contribution in [0.4, 0.5) is 0 Å². The zero-order chi connectivity index (χ0) is 20.7. The molecule has 1 fully saturated rings. The van der Waals surface area contributed by atoms with Crippen molar-refractivity contribution in [3.63, 3.8) is 0 Å². The Bertz CT molecular complexity index is 723. The van der Waals surface area contributed by atoms with Crippen molar-refractivity contribution in [2.45, 2.75) is 51.2 Å². The minimum absolute atomic E-state index is 0.145. The zero-order valence-electron chi connectivity index (χ0n) is 17.2. The number of carbonyl (C=O) groups excluding carboxylic acids is 1. The Kier molecular flexibility index (Phi) is 8.42. The molecule has 1 heterocycles. The van der Waals surface area contributed by atoms with Gasteiger partial charge >= 0.3 is 0 Å². The van der Waals surface area contributed by atoms with Gasteiger partial charge in [-0.2, -0.15) is 4.31 Å². The summed E-state index contributed by atoms with van der Waals surface area (Å²) in [7, 11) is -3.60. The Balaban J connectivity index is 1.89. The normalized spacial score (nSPS) is 21.0. The van der Waals surface area contributed by atoms with E-state index in [9.17, 15) is 13.2 Å². The van der Waals surface area contributed by atoms with Crippen LogP contribution in [0.3, 0.4) is 0 Å². The number of hydrogen-bond donors (Lipinski definition) is 1. The highest BCUT2D eigenvalue weighted by Crippen LogP contribution is 2.21. The van der Waals surface area contributed by atoms with Gasteiger partial charge in [0, 0.05) is 38.4 Å². The van der Waals surface area contributed by atoms with Gasteiger partial charge in [0.1, 0.15) is 0 Å². The number of amides is 1. The van der Waals surface area contributed by atoms with E-state index in [2.05, 4.69) is 19.2 Å². The van der Waals surface area contributed by atoms with E-state index < -0.39 is 10.0 Å². The van der Waals surface area contributed by atoms with Crippen LogP contribution >= 0.6 is 0 Å². The molecule has 7 nitrogen and oxygen atoms in total. The molecule has 1 N–H and O–H groups in total. The molecule has 1 aliphatic rings. The standard InChI is InChI=1S/C20H32N2O5S/c1-15(2)14-26-11-5-10-21-20(23)18-6-8-19(9-7-18)28(24,25)22-12-16(3)27-17(4)13-22/h6-9,15-17H,5,10-14H2,1-4H3,(H,21,23)/t16-,17+. The smallest absolute Gasteiger partial charge is 0.251 e. The van der Waals surface area contributed by atoms with Gasteiger partial charge < -0.3 is 14.8 Å². The fourth-order valence-electron chi connectivity index (χ4n) is 3.05. The summed E-state index contributed by atoms with van der Waals surface area (Å²) in [4.78, 5) is 12.4. The maximum atomic E-state index is 12.8. The molecule has 158 valence electrons. The van der Waals surface area contributed by atoms with Crippen molar-refractivity contribution in [3.05, 3.63) is 29.8 Å². The average molecular weight is 413 g/mol. The van der Waals surface area contributed by atoms with Crippen molar-refractivity contribution < 1.29 is 22.7 Å². The van der Waals surface area contributed by atoms with Crippen LogP contribution in [0, 0.1) is 5.92 Å². The Morgan fingerprint density at radius 3 is 2.39 bits per heavy atom. The highest BCUT2D eigenvalue weighted by atomic mass is 32.2. The fourth-order valence-corrected chi connectivity index (χ4v) is 4.64. The third-order valence-corrected chi connectivity index (χ3v) is 6.19. The number of rotatable bonds is 9. The molecule has 0 aromatic heterocycles. The van der Waals surface area contributed by atoms with Gasteiger partial charge in [0.25, 0.3) is 5.91 Å². The molecule has 0 saturated carbocycles. The predicted octanol–water partition coefficient (Wildman–Crippen LogP) is 2.28. The van der Waals surface area contributed by atoms with Gasteiger partial charge in [0.15, 0.2) is 0 Å². The molecular formula is C20H32N2O5S. The Labute approximate surface area is 168 Å². The van der Waals surface area contributed by atoms with Crippen LogP contribution in [0.5, 0.6) is 0 Å². The van der Waals surface area contributed by atoms with Gasteiger partial charge in [-0.25, -0.2) is 8.42 Å². The molecule has 0 radical (unpaired) electrons. The van der Waals surface area contributed by atoms with Crippen LogP contribution in [0.25, 0.3) is 0 Å². The number of hydrogen-bond acceptors (Lipinski definition) is 5. The van der Waals surface area contributed by atoms with Gasteiger partial charge in [0.2, 0.25) is 10.0 Å². The molecule has 0 bridgehead atoms. The van der Waals surface area contributed by atoms with Gasteiger partial charge in [-0.3, -0.25) is 4.79 Å². The first-order valence-corrected chi connectivity index (χ1v) is 11.3. The molecule has 1 amide bonds. The number of ether oxygens (including phenoxy) is 2. The lowest BCUT2D eigenvalue weighted by molar-refractivity contribution is -0.0440. The summed E-state index contributed by atoms with van der Waals surface area (Å²) in [5, 5.41) is 2.82. The number of carbonyl (C=O) groups is 1. The van der Waals surface area contributed by atoms with Gasteiger partial charge in [-0.15, -0.1) is 0 Å². The first-order valence-electron chi connectivity index (χ1n) is 9.81. The summed E-state index contributed by atoms with van der Waals surface area (Å²) >= 11 is 0. The monoisotopic (exact) mass is 412 g/mol. The van der Waals surface area contributed by atoms with Gasteiger partial charge in [-0.05, 0) is 50.5 Å². The summed E-state index contributed by atoms with van der Waals surface area (Å²) in [6.45, 7) is 10.4. The molecule has 0 unspecified atom stereocenters. The Morgan fingerprint density at radius 2 is 1.82 bits per heavy atom. The number of morpholine rings is 1. The first-order chi connectivity index (χ1) is 13.2. The van der Waals surface area contributed by atoms with E-state index in [1.165, 1.54) is 16.4 Å². The van der Waals surface area contributed by atoms with E-state index in [1.54, 1.807) is 12.1 Å². The quantitative estimate of drug-likeness (QED) is 0.629. The number of nitrogens with zero attached hydrogens (tertiary/aromatic N) is 1. The predicted molar refractivity (Wildman–Crippen MR) is 108 cm³/mol. The summed E-state index contributed by atoms with van der Waals surface area (Å²) in [5.41, 5.74) is 0.436. The Morgan fingerprint density at radius 1 is 1.21 bits per heavy atom. The van der Waals surface area contributed by atoms with Crippen LogP contribution in [0.1, 0.15) is 44.5 Å². The lowest BCUT2D eigenvalue weighted by Gasteiger charge is -2.34. The minimum Gasteiger partial charge on any atom is -0.381 e. The van der Waals surface area contributed by atoms with Crippen LogP contribution in [-0.4, -0.2) is 63.7 Å². The second kappa shape index (κ2) is 10.3. The topological polar surface area (TPSA) is 84.9 Å². The molecule has 1 aromatic carbocycles. The van der Waals surface area contributed by atoms with Crippen LogP contribution < -0.4 is 5.32 Å². The molecule has 1 aliphatic heterocycles. The van der Waals surface area contributed by atoms with Crippen molar-refractivity contribution in [2.75, 3.05) is 32.8 Å². The fraction of sp³-hybridized carbons (Fsp3) is 0.650. The number of benzene rings is 1. The summed E-state index contributed by atoms with van der Waals surface area (Å²) in [6, 6.07) is 6.07. The minimum atomic E-state index is -3.60. The molecular weight excluding hydrogens is 380 g/mol. The van der Waals surface area contributed by atoms with Crippen molar-refractivity contribution in [1.29, 1.82) is 0 Å². The largest absolute Gasteiger partial charge is 0.381 e. The molecule has 8 heteroatoms. The lowest BCUT2D eigenvalue weighted by atomic mass is 10.2. The van der Waals surface area contributed by atoms with E-state index in [1.807, 2.05) is 13.8 Å². The summed E-state index contributed by atoms with van der Waals surface area (Å²) < 4.78 is 38.2. The highest BCUT2D eigenvalue weighted by molar-refractivity contribution is 7.89. The maximum Gasteiger partial charge on any atom is 0.251 e. The van der Waals surface area contributed by atoms with Crippen molar-refractivity contribution in [3.8, 4) is 0 Å². The van der Waals surface area contributed by atoms with E-state index >= 15 is 0 Å². The molecule has 2 rings (SSSR count). The maximum absolute atomic E-state index is 12.8. The second-order valence-corrected chi connectivity index (χ2v) is 9.62. The Hall–Kier alpha value is -1.48. The van der Waals surface area contributed by atoms with E-state index in [0.29, 0.717) is 44.3 Å². The van der Waals surface area contributed by atoms with Crippen molar-refractivity contribution in [1.82, 2.24) is 9.62 Å². The third-order valence-electron chi connectivity index (χ3n) is 4.34. The van der Waals surface area contributed by atoms with Crippen molar-refractivity contribution >= 4 is 15.9 Å². The summed E-state index contributed by atoms with van der Waals surface area (Å²) in [5.74, 6) is 0.273. The van der Waals surface area contributed by atoms with E-state index in [0.717, 1.165) is 6.42 Å². The SMILES string of the molecule is CC(C)COCCCNC(=O)c1ccc(S(=O)(=O)N2C[C@@H](C)O[C@@H](C)C2)cc1. The van der Waals surface area contributed by atoms with Crippen LogP contribution in [0.15, 0.2) is 29.2 Å². The third kappa shape index (κ3) is 6.55. The first kappa shape index (κ1) is 22.8. The van der Waals surface area contributed by atoms with E-state index in [-0.39, 0.29) is 23.0 Å². The summed E-state index contributed by atoms with van der Waals surface area (Å²) in [6.07, 6.45) is 0.444. The van der Waals surface area contributed by atoms with E-state index in [4.69, 9.17) is 9.47 Å². The molecule has 1 aromatic rings. The average Bonchev–Trinajstić information content (AvgIpc) is 2.63. The zero-order valence-corrected chi connectivity index (χ0v) is 18.0. The lowest BCUT2D eigenvalue weighted by Crippen LogP contribution is -2.48. The number of nitrogens with one attached hydrogen (secondary N) is 1. The molecule has 2 atom stereocenters. The molecule has 0 spiro atoms. The molecule has 28 heavy (non-hydrogen) atoms. The van der Waals surface area contributed by atoms with Gasteiger partial charge in [-0.1, -0.05) is 13.8 Å². The van der Waals surface area contributed by atoms with Crippen LogP contribution in [-0.2, 0) is 19.5 Å². The number of sulfonamides is 1. The second-order valence-electron chi connectivity index (χ2n) is 7.68. The highest BCUT2D eigenvalue weighted by Gasteiger charge is 2.32. The van der Waals surface area contributed by atoms with Gasteiger partial charge in [0.05, 0.1) is 17.1 Å². The van der Waals surface area contributed by atoms with Crippen LogP contribution in [0.2, 0.25) is 0 Å². The molecule has 0 aliphatic carbocycles. The molecule has 1 saturated heterocycles.